The molecule has 1 unspecified atom stereocenters. The van der Waals surface area contributed by atoms with Crippen LogP contribution in [-0.2, 0) is 4.79 Å². The lowest BCUT2D eigenvalue weighted by molar-refractivity contribution is -0.118. The van der Waals surface area contributed by atoms with Crippen LogP contribution < -0.4 is 15.5 Å². The maximum atomic E-state index is 12.7. The van der Waals surface area contributed by atoms with Crippen molar-refractivity contribution in [3.05, 3.63) is 46.2 Å². The van der Waals surface area contributed by atoms with Gasteiger partial charge in [-0.3, -0.25) is 9.59 Å². The van der Waals surface area contributed by atoms with Gasteiger partial charge in [-0.1, -0.05) is 19.9 Å². The zero-order valence-corrected chi connectivity index (χ0v) is 16.1. The molecule has 0 saturated carbocycles. The lowest BCUT2D eigenvalue weighted by Gasteiger charge is -2.22. The van der Waals surface area contributed by atoms with E-state index in [1.165, 1.54) is 11.3 Å². The van der Waals surface area contributed by atoms with Gasteiger partial charge < -0.3 is 15.5 Å². The number of carbonyl (C=O) groups excluding carboxylic acids is 2. The predicted octanol–water partition coefficient (Wildman–Crippen LogP) is 3.52. The Morgan fingerprint density at radius 2 is 1.88 bits per heavy atom. The summed E-state index contributed by atoms with van der Waals surface area (Å²) < 4.78 is 0. The summed E-state index contributed by atoms with van der Waals surface area (Å²) in [6.07, 6.45) is 0. The van der Waals surface area contributed by atoms with Crippen LogP contribution in [0.5, 0.6) is 0 Å². The molecule has 2 aromatic rings. The molecule has 0 aliphatic rings. The predicted molar refractivity (Wildman–Crippen MR) is 105 cm³/mol. The Hall–Kier alpha value is -2.34. The molecule has 2 rings (SSSR count). The van der Waals surface area contributed by atoms with Crippen LogP contribution >= 0.6 is 11.3 Å². The number of hydrogen-bond acceptors (Lipinski definition) is 4. The van der Waals surface area contributed by atoms with Crippen molar-refractivity contribution in [3.63, 3.8) is 0 Å². The molecule has 1 aromatic heterocycles. The van der Waals surface area contributed by atoms with Crippen molar-refractivity contribution in [2.75, 3.05) is 24.3 Å². The van der Waals surface area contributed by atoms with E-state index in [0.29, 0.717) is 4.88 Å². The SMILES string of the molecule is Cc1cc(N(C)C)ccc1NC(=O)C(NC(=O)c1cccs1)C(C)C. The second kappa shape index (κ2) is 8.16. The topological polar surface area (TPSA) is 61.4 Å². The molecule has 1 heterocycles. The standard InChI is InChI=1S/C19H25N3O2S/c1-12(2)17(21-18(23)16-7-6-10-25-16)19(24)20-15-9-8-14(22(4)5)11-13(15)3/h6-12,17H,1-5H3,(H,20,24)(H,21,23). The summed E-state index contributed by atoms with van der Waals surface area (Å²) in [4.78, 5) is 27.6. The second-order valence-electron chi connectivity index (χ2n) is 6.56. The van der Waals surface area contributed by atoms with Gasteiger partial charge >= 0.3 is 0 Å². The Balaban J connectivity index is 2.11. The van der Waals surface area contributed by atoms with Crippen molar-refractivity contribution in [2.45, 2.75) is 26.8 Å². The number of thiophene rings is 1. The molecule has 1 aromatic carbocycles. The number of amides is 2. The van der Waals surface area contributed by atoms with Gasteiger partial charge in [0.2, 0.25) is 5.91 Å². The summed E-state index contributed by atoms with van der Waals surface area (Å²) in [6, 6.07) is 8.84. The van der Waals surface area contributed by atoms with E-state index in [1.54, 1.807) is 6.07 Å². The van der Waals surface area contributed by atoms with Crippen LogP contribution in [0.3, 0.4) is 0 Å². The number of benzene rings is 1. The molecule has 0 bridgehead atoms. The quantitative estimate of drug-likeness (QED) is 0.830. The molecule has 0 spiro atoms. The molecule has 0 aliphatic heterocycles. The first-order chi connectivity index (χ1) is 11.8. The van der Waals surface area contributed by atoms with Crippen molar-refractivity contribution >= 4 is 34.5 Å². The molecule has 0 aliphatic carbocycles. The Morgan fingerprint density at radius 3 is 2.40 bits per heavy atom. The number of anilines is 2. The van der Waals surface area contributed by atoms with E-state index in [9.17, 15) is 9.59 Å². The first kappa shape index (κ1) is 19.0. The monoisotopic (exact) mass is 359 g/mol. The van der Waals surface area contributed by atoms with Gasteiger partial charge in [-0.15, -0.1) is 11.3 Å². The summed E-state index contributed by atoms with van der Waals surface area (Å²) in [5.41, 5.74) is 2.81. The minimum atomic E-state index is -0.595. The molecule has 2 N–H and O–H groups in total. The third-order valence-corrected chi connectivity index (χ3v) is 4.83. The van der Waals surface area contributed by atoms with Gasteiger partial charge in [0.15, 0.2) is 0 Å². The highest BCUT2D eigenvalue weighted by Gasteiger charge is 2.25. The zero-order chi connectivity index (χ0) is 18.6. The van der Waals surface area contributed by atoms with Crippen LogP contribution in [0.25, 0.3) is 0 Å². The molecular weight excluding hydrogens is 334 g/mol. The maximum Gasteiger partial charge on any atom is 0.262 e. The van der Waals surface area contributed by atoms with Crippen LogP contribution in [-0.4, -0.2) is 32.0 Å². The largest absolute Gasteiger partial charge is 0.378 e. The van der Waals surface area contributed by atoms with Crippen molar-refractivity contribution < 1.29 is 9.59 Å². The first-order valence-electron chi connectivity index (χ1n) is 8.22. The van der Waals surface area contributed by atoms with Crippen LogP contribution in [0.4, 0.5) is 11.4 Å². The van der Waals surface area contributed by atoms with E-state index in [2.05, 4.69) is 10.6 Å². The smallest absolute Gasteiger partial charge is 0.262 e. The average Bonchev–Trinajstić information content (AvgIpc) is 3.08. The highest BCUT2D eigenvalue weighted by Crippen LogP contribution is 2.22. The minimum Gasteiger partial charge on any atom is -0.378 e. The highest BCUT2D eigenvalue weighted by molar-refractivity contribution is 7.12. The number of hydrogen-bond donors (Lipinski definition) is 2. The van der Waals surface area contributed by atoms with E-state index in [0.717, 1.165) is 16.9 Å². The third kappa shape index (κ3) is 4.82. The van der Waals surface area contributed by atoms with Gasteiger partial charge in [0.1, 0.15) is 6.04 Å². The minimum absolute atomic E-state index is 0.0229. The van der Waals surface area contributed by atoms with E-state index in [4.69, 9.17) is 0 Å². The Morgan fingerprint density at radius 1 is 1.16 bits per heavy atom. The fourth-order valence-corrected chi connectivity index (χ4v) is 3.06. The molecule has 0 fully saturated rings. The lowest BCUT2D eigenvalue weighted by Crippen LogP contribution is -2.47. The first-order valence-corrected chi connectivity index (χ1v) is 9.10. The van der Waals surface area contributed by atoms with Crippen LogP contribution in [0, 0.1) is 12.8 Å². The summed E-state index contributed by atoms with van der Waals surface area (Å²) >= 11 is 1.36. The molecule has 1 atom stereocenters. The van der Waals surface area contributed by atoms with Gasteiger partial charge in [0, 0.05) is 25.5 Å². The Kier molecular flexibility index (Phi) is 6.20. The normalized spacial score (nSPS) is 11.9. The number of rotatable bonds is 6. The van der Waals surface area contributed by atoms with Gasteiger partial charge in [-0.05, 0) is 48.1 Å². The van der Waals surface area contributed by atoms with Crippen molar-refractivity contribution in [3.8, 4) is 0 Å². The molecule has 6 heteroatoms. The fraction of sp³-hybridized carbons (Fsp3) is 0.368. The van der Waals surface area contributed by atoms with Crippen LogP contribution in [0.1, 0.15) is 29.1 Å². The van der Waals surface area contributed by atoms with Crippen LogP contribution in [0.2, 0.25) is 0 Å². The summed E-state index contributed by atoms with van der Waals surface area (Å²) in [7, 11) is 3.95. The zero-order valence-electron chi connectivity index (χ0n) is 15.3. The molecule has 2 amide bonds. The van der Waals surface area contributed by atoms with Crippen LogP contribution in [0.15, 0.2) is 35.7 Å². The molecule has 0 saturated heterocycles. The van der Waals surface area contributed by atoms with E-state index in [-0.39, 0.29) is 17.7 Å². The number of nitrogens with one attached hydrogen (secondary N) is 2. The van der Waals surface area contributed by atoms with Gasteiger partial charge in [0.05, 0.1) is 4.88 Å². The molecule has 25 heavy (non-hydrogen) atoms. The van der Waals surface area contributed by atoms with E-state index in [1.807, 2.05) is 69.4 Å². The van der Waals surface area contributed by atoms with Crippen molar-refractivity contribution in [1.82, 2.24) is 5.32 Å². The summed E-state index contributed by atoms with van der Waals surface area (Å²) in [5.74, 6) is -0.450. The third-order valence-electron chi connectivity index (χ3n) is 3.96. The molecular formula is C19H25N3O2S. The number of carbonyl (C=O) groups is 2. The number of aryl methyl sites for hydroxylation is 1. The van der Waals surface area contributed by atoms with E-state index < -0.39 is 6.04 Å². The molecule has 0 radical (unpaired) electrons. The summed E-state index contributed by atoms with van der Waals surface area (Å²) in [6.45, 7) is 5.79. The Bertz CT molecular complexity index is 739. The Labute approximate surface area is 153 Å². The molecule has 134 valence electrons. The fourth-order valence-electron chi connectivity index (χ4n) is 2.43. The van der Waals surface area contributed by atoms with Gasteiger partial charge in [-0.2, -0.15) is 0 Å². The average molecular weight is 359 g/mol. The highest BCUT2D eigenvalue weighted by atomic mass is 32.1. The van der Waals surface area contributed by atoms with Gasteiger partial charge in [0.25, 0.3) is 5.91 Å². The van der Waals surface area contributed by atoms with Crippen molar-refractivity contribution in [2.24, 2.45) is 5.92 Å². The second-order valence-corrected chi connectivity index (χ2v) is 7.50. The lowest BCUT2D eigenvalue weighted by atomic mass is 10.0. The van der Waals surface area contributed by atoms with Gasteiger partial charge in [-0.25, -0.2) is 0 Å². The molecule has 5 nitrogen and oxygen atoms in total. The summed E-state index contributed by atoms with van der Waals surface area (Å²) in [5, 5.41) is 7.62. The van der Waals surface area contributed by atoms with E-state index >= 15 is 0 Å². The number of nitrogens with zero attached hydrogens (tertiary/aromatic N) is 1. The maximum absolute atomic E-state index is 12.7. The van der Waals surface area contributed by atoms with Crippen molar-refractivity contribution in [1.29, 1.82) is 0 Å².